The van der Waals surface area contributed by atoms with E-state index in [9.17, 15) is 4.79 Å². The summed E-state index contributed by atoms with van der Waals surface area (Å²) in [5.41, 5.74) is 6.65. The molecule has 0 heterocycles. The molecule has 0 aliphatic heterocycles. The lowest BCUT2D eigenvalue weighted by atomic mass is 10.0. The van der Waals surface area contributed by atoms with Gasteiger partial charge in [0.05, 0.1) is 0 Å². The Morgan fingerprint density at radius 1 is 1.67 bits per heavy atom. The molecule has 0 aromatic heterocycles. The molecule has 0 saturated heterocycles. The predicted octanol–water partition coefficient (Wildman–Crippen LogP) is 1.62. The first-order chi connectivity index (χ1) is 4.16. The van der Waals surface area contributed by atoms with Crippen LogP contribution in [-0.2, 0) is 4.79 Å². The summed E-state index contributed by atoms with van der Waals surface area (Å²) in [6, 6.07) is 0. The lowest BCUT2D eigenvalue weighted by molar-refractivity contribution is -0.119. The van der Waals surface area contributed by atoms with E-state index in [4.69, 9.17) is 5.73 Å². The number of hydrogen-bond acceptors (Lipinski definition) is 1. The van der Waals surface area contributed by atoms with Gasteiger partial charge >= 0.3 is 0 Å². The largest absolute Gasteiger partial charge is 0.273 e. The number of hydrogen-bond donors (Lipinski definition) is 0. The van der Waals surface area contributed by atoms with E-state index in [2.05, 4.69) is 6.92 Å². The standard InChI is InChI=1S/C7H14NO/c1-3-4-6(2)5-7(8)9/h6,8H,3-5H2,1-2H3. The van der Waals surface area contributed by atoms with Crippen molar-refractivity contribution < 1.29 is 4.79 Å². The van der Waals surface area contributed by atoms with Gasteiger partial charge in [0.2, 0.25) is 5.91 Å². The Balaban J connectivity index is 3.26. The van der Waals surface area contributed by atoms with E-state index in [1.807, 2.05) is 6.92 Å². The third-order valence-electron chi connectivity index (χ3n) is 1.32. The second kappa shape index (κ2) is 4.36. The quantitative estimate of drug-likeness (QED) is 0.567. The highest BCUT2D eigenvalue weighted by Crippen LogP contribution is 2.08. The summed E-state index contributed by atoms with van der Waals surface area (Å²) in [5.74, 6) is -0.0315. The molecule has 1 atom stereocenters. The molecule has 1 unspecified atom stereocenters. The first-order valence-corrected chi connectivity index (χ1v) is 3.41. The average molecular weight is 128 g/mol. The molecule has 0 bridgehead atoms. The van der Waals surface area contributed by atoms with Crippen LogP contribution in [0.2, 0.25) is 0 Å². The molecule has 0 aliphatic carbocycles. The average Bonchev–Trinajstić information content (AvgIpc) is 1.63. The highest BCUT2D eigenvalue weighted by Gasteiger charge is 2.03. The van der Waals surface area contributed by atoms with Gasteiger partial charge in [-0.15, -0.1) is 0 Å². The summed E-state index contributed by atoms with van der Waals surface area (Å²) in [5, 5.41) is 0. The maximum Gasteiger partial charge on any atom is 0.238 e. The van der Waals surface area contributed by atoms with Gasteiger partial charge in [0, 0.05) is 6.42 Å². The van der Waals surface area contributed by atoms with E-state index >= 15 is 0 Å². The summed E-state index contributed by atoms with van der Waals surface area (Å²) < 4.78 is 0. The van der Waals surface area contributed by atoms with Crippen molar-refractivity contribution in [3.63, 3.8) is 0 Å². The van der Waals surface area contributed by atoms with Crippen LogP contribution in [0.5, 0.6) is 0 Å². The molecule has 2 heteroatoms. The number of carbonyl (C=O) groups excluding carboxylic acids is 1. The van der Waals surface area contributed by atoms with Crippen molar-refractivity contribution >= 4 is 5.91 Å². The fourth-order valence-corrected chi connectivity index (χ4v) is 0.911. The van der Waals surface area contributed by atoms with Gasteiger partial charge in [-0.05, 0) is 5.92 Å². The number of nitrogens with one attached hydrogen (secondary N) is 1. The van der Waals surface area contributed by atoms with E-state index in [0.717, 1.165) is 12.8 Å². The molecule has 2 nitrogen and oxygen atoms in total. The van der Waals surface area contributed by atoms with Crippen molar-refractivity contribution in [2.75, 3.05) is 0 Å². The van der Waals surface area contributed by atoms with Crippen molar-refractivity contribution in [2.24, 2.45) is 5.92 Å². The van der Waals surface area contributed by atoms with Crippen LogP contribution in [0, 0.1) is 5.92 Å². The Labute approximate surface area is 56.4 Å². The lowest BCUT2D eigenvalue weighted by Crippen LogP contribution is -2.04. The van der Waals surface area contributed by atoms with Crippen LogP contribution in [0.1, 0.15) is 33.1 Å². The van der Waals surface area contributed by atoms with Gasteiger partial charge in [-0.25, -0.2) is 0 Å². The third-order valence-corrected chi connectivity index (χ3v) is 1.32. The normalized spacial score (nSPS) is 13.1. The predicted molar refractivity (Wildman–Crippen MR) is 36.8 cm³/mol. The Bertz CT molecular complexity index is 90.9. The van der Waals surface area contributed by atoms with E-state index in [-0.39, 0.29) is 0 Å². The maximum atomic E-state index is 10.2. The number of amides is 1. The molecule has 0 rings (SSSR count). The lowest BCUT2D eigenvalue weighted by Gasteiger charge is -2.04. The maximum absolute atomic E-state index is 10.2. The van der Waals surface area contributed by atoms with E-state index in [1.165, 1.54) is 0 Å². The van der Waals surface area contributed by atoms with Crippen LogP contribution in [0.15, 0.2) is 0 Å². The molecule has 1 amide bonds. The minimum Gasteiger partial charge on any atom is -0.273 e. The van der Waals surface area contributed by atoms with E-state index in [1.54, 1.807) is 0 Å². The number of carbonyl (C=O) groups is 1. The molecule has 0 spiro atoms. The molecule has 0 saturated carbocycles. The summed E-state index contributed by atoms with van der Waals surface area (Å²) >= 11 is 0. The monoisotopic (exact) mass is 128 g/mol. The van der Waals surface area contributed by atoms with Crippen LogP contribution in [0.3, 0.4) is 0 Å². The summed E-state index contributed by atoms with van der Waals surface area (Å²) in [6.07, 6.45) is 2.59. The van der Waals surface area contributed by atoms with Gasteiger partial charge in [-0.3, -0.25) is 10.5 Å². The minimum atomic E-state index is -0.434. The molecule has 0 aromatic carbocycles. The topological polar surface area (TPSA) is 40.9 Å². The molecular formula is C7H14NO. The molecular weight excluding hydrogens is 114 g/mol. The van der Waals surface area contributed by atoms with Crippen LogP contribution in [-0.4, -0.2) is 5.91 Å². The van der Waals surface area contributed by atoms with Crippen molar-refractivity contribution in [1.29, 1.82) is 0 Å². The van der Waals surface area contributed by atoms with Crippen molar-refractivity contribution in [2.45, 2.75) is 33.1 Å². The van der Waals surface area contributed by atoms with Crippen molar-refractivity contribution in [3.8, 4) is 0 Å². The number of rotatable bonds is 4. The summed E-state index contributed by atoms with van der Waals surface area (Å²) in [6.45, 7) is 4.10. The summed E-state index contributed by atoms with van der Waals surface area (Å²) in [4.78, 5) is 10.2. The smallest absolute Gasteiger partial charge is 0.238 e. The Morgan fingerprint density at radius 2 is 2.22 bits per heavy atom. The van der Waals surface area contributed by atoms with E-state index in [0.29, 0.717) is 12.3 Å². The van der Waals surface area contributed by atoms with Crippen molar-refractivity contribution in [3.05, 3.63) is 0 Å². The molecule has 0 aliphatic rings. The fraction of sp³-hybridized carbons (Fsp3) is 0.857. The zero-order chi connectivity index (χ0) is 7.28. The van der Waals surface area contributed by atoms with E-state index < -0.39 is 5.91 Å². The Kier molecular flexibility index (Phi) is 4.10. The zero-order valence-corrected chi connectivity index (χ0v) is 6.11. The highest BCUT2D eigenvalue weighted by atomic mass is 16.1. The van der Waals surface area contributed by atoms with Gasteiger partial charge in [-0.2, -0.15) is 0 Å². The van der Waals surface area contributed by atoms with Crippen LogP contribution in [0.25, 0.3) is 0 Å². The van der Waals surface area contributed by atoms with Gasteiger partial charge in [-0.1, -0.05) is 26.7 Å². The van der Waals surface area contributed by atoms with Gasteiger partial charge in [0.25, 0.3) is 0 Å². The fourth-order valence-electron chi connectivity index (χ4n) is 0.911. The highest BCUT2D eigenvalue weighted by molar-refractivity contribution is 5.73. The second-order valence-corrected chi connectivity index (χ2v) is 2.52. The Morgan fingerprint density at radius 3 is 2.56 bits per heavy atom. The molecule has 53 valence electrons. The molecule has 1 N–H and O–H groups in total. The zero-order valence-electron chi connectivity index (χ0n) is 6.11. The third kappa shape index (κ3) is 5.34. The van der Waals surface area contributed by atoms with Gasteiger partial charge in [0.15, 0.2) is 0 Å². The molecule has 1 radical (unpaired) electrons. The Hall–Kier alpha value is -0.530. The first kappa shape index (κ1) is 8.47. The van der Waals surface area contributed by atoms with Crippen LogP contribution < -0.4 is 5.73 Å². The first-order valence-electron chi connectivity index (χ1n) is 3.41. The van der Waals surface area contributed by atoms with Gasteiger partial charge < -0.3 is 0 Å². The summed E-state index contributed by atoms with van der Waals surface area (Å²) in [7, 11) is 0. The SMILES string of the molecule is CCCC(C)CC([NH])=O. The van der Waals surface area contributed by atoms with Crippen molar-refractivity contribution in [1.82, 2.24) is 5.73 Å². The molecule has 0 fully saturated rings. The molecule has 9 heavy (non-hydrogen) atoms. The van der Waals surface area contributed by atoms with Crippen LogP contribution >= 0.6 is 0 Å². The second-order valence-electron chi connectivity index (χ2n) is 2.52. The van der Waals surface area contributed by atoms with Crippen LogP contribution in [0.4, 0.5) is 0 Å². The minimum absolute atomic E-state index is 0.403. The van der Waals surface area contributed by atoms with Gasteiger partial charge in [0.1, 0.15) is 0 Å². The molecule has 0 aromatic rings.